The molecular weight excluding hydrogens is 194 g/mol. The zero-order valence-corrected chi connectivity index (χ0v) is 10.2. The quantitative estimate of drug-likeness (QED) is 0.833. The van der Waals surface area contributed by atoms with Crippen molar-refractivity contribution in [2.75, 3.05) is 19.0 Å². The minimum absolute atomic E-state index is 0.245. The number of hydrogen-bond donors (Lipinski definition) is 1. The minimum atomic E-state index is -0.245. The molecule has 0 fully saturated rings. The molecule has 0 saturated heterocycles. The zero-order chi connectivity index (χ0) is 10.8. The monoisotopic (exact) mass is 213 g/mol. The standard InChI is InChI=1S/C10H19N3S/c1-5-10(11,6-2)8-7-14-9(12-8)13(3)4/h7H,5-6,11H2,1-4H3. The normalized spacial score (nSPS) is 11.8. The molecule has 0 aliphatic carbocycles. The topological polar surface area (TPSA) is 42.1 Å². The van der Waals surface area contributed by atoms with Gasteiger partial charge in [-0.25, -0.2) is 4.98 Å². The van der Waals surface area contributed by atoms with Crippen molar-refractivity contribution in [1.29, 1.82) is 0 Å². The Hall–Kier alpha value is -0.610. The van der Waals surface area contributed by atoms with Crippen LogP contribution in [0.4, 0.5) is 5.13 Å². The van der Waals surface area contributed by atoms with Gasteiger partial charge in [-0.1, -0.05) is 13.8 Å². The number of rotatable bonds is 4. The van der Waals surface area contributed by atoms with E-state index in [0.717, 1.165) is 23.7 Å². The summed E-state index contributed by atoms with van der Waals surface area (Å²) in [6.45, 7) is 4.22. The van der Waals surface area contributed by atoms with E-state index in [1.54, 1.807) is 11.3 Å². The molecule has 0 radical (unpaired) electrons. The first-order valence-corrected chi connectivity index (χ1v) is 5.83. The van der Waals surface area contributed by atoms with Crippen LogP contribution in [0.3, 0.4) is 0 Å². The fraction of sp³-hybridized carbons (Fsp3) is 0.700. The lowest BCUT2D eigenvalue weighted by molar-refractivity contribution is 0.403. The Morgan fingerprint density at radius 3 is 2.36 bits per heavy atom. The summed E-state index contributed by atoms with van der Waals surface area (Å²) in [5, 5.41) is 3.10. The Kier molecular flexibility index (Phi) is 3.50. The van der Waals surface area contributed by atoms with Crippen LogP contribution in [-0.2, 0) is 5.54 Å². The summed E-state index contributed by atoms with van der Waals surface area (Å²) in [6.07, 6.45) is 1.86. The van der Waals surface area contributed by atoms with E-state index in [-0.39, 0.29) is 5.54 Å². The van der Waals surface area contributed by atoms with Crippen molar-refractivity contribution >= 4 is 16.5 Å². The van der Waals surface area contributed by atoms with Gasteiger partial charge in [0, 0.05) is 19.5 Å². The summed E-state index contributed by atoms with van der Waals surface area (Å²) in [5.74, 6) is 0. The second-order valence-corrected chi connectivity index (χ2v) is 4.61. The van der Waals surface area contributed by atoms with Crippen LogP contribution in [0.2, 0.25) is 0 Å². The van der Waals surface area contributed by atoms with E-state index in [1.807, 2.05) is 19.0 Å². The fourth-order valence-corrected chi connectivity index (χ4v) is 2.18. The van der Waals surface area contributed by atoms with Crippen LogP contribution in [0.1, 0.15) is 32.4 Å². The first-order valence-electron chi connectivity index (χ1n) is 4.95. The van der Waals surface area contributed by atoms with Crippen molar-refractivity contribution in [3.63, 3.8) is 0 Å². The second kappa shape index (κ2) is 4.28. The highest BCUT2D eigenvalue weighted by atomic mass is 32.1. The maximum absolute atomic E-state index is 6.26. The third-order valence-corrected chi connectivity index (χ3v) is 3.65. The van der Waals surface area contributed by atoms with Crippen LogP contribution in [-0.4, -0.2) is 19.1 Å². The summed E-state index contributed by atoms with van der Waals surface area (Å²) in [5.41, 5.74) is 7.04. The maximum atomic E-state index is 6.26. The van der Waals surface area contributed by atoms with Gasteiger partial charge in [0.1, 0.15) is 0 Å². The van der Waals surface area contributed by atoms with Crippen molar-refractivity contribution in [3.8, 4) is 0 Å². The van der Waals surface area contributed by atoms with Gasteiger partial charge in [-0.2, -0.15) is 0 Å². The van der Waals surface area contributed by atoms with Gasteiger partial charge >= 0.3 is 0 Å². The molecule has 3 nitrogen and oxygen atoms in total. The van der Waals surface area contributed by atoms with Gasteiger partial charge in [0.25, 0.3) is 0 Å². The molecule has 1 aromatic heterocycles. The molecule has 1 aromatic rings. The molecule has 2 N–H and O–H groups in total. The summed E-state index contributed by atoms with van der Waals surface area (Å²) >= 11 is 1.65. The average molecular weight is 213 g/mol. The Morgan fingerprint density at radius 2 is 2.00 bits per heavy atom. The van der Waals surface area contributed by atoms with E-state index in [2.05, 4.69) is 24.2 Å². The van der Waals surface area contributed by atoms with Gasteiger partial charge in [0.15, 0.2) is 5.13 Å². The van der Waals surface area contributed by atoms with E-state index in [9.17, 15) is 0 Å². The number of anilines is 1. The zero-order valence-electron chi connectivity index (χ0n) is 9.37. The lowest BCUT2D eigenvalue weighted by atomic mass is 9.91. The highest BCUT2D eigenvalue weighted by molar-refractivity contribution is 7.13. The lowest BCUT2D eigenvalue weighted by Crippen LogP contribution is -2.35. The molecule has 0 aromatic carbocycles. The Balaban J connectivity index is 2.95. The lowest BCUT2D eigenvalue weighted by Gasteiger charge is -2.24. The van der Waals surface area contributed by atoms with Crippen LogP contribution >= 0.6 is 11.3 Å². The Bertz CT molecular complexity index is 289. The number of hydrogen-bond acceptors (Lipinski definition) is 4. The Morgan fingerprint density at radius 1 is 1.43 bits per heavy atom. The number of nitrogens with two attached hydrogens (primary N) is 1. The molecule has 4 heteroatoms. The summed E-state index contributed by atoms with van der Waals surface area (Å²) in [4.78, 5) is 6.56. The highest BCUT2D eigenvalue weighted by Gasteiger charge is 2.25. The predicted octanol–water partition coefficient (Wildman–Crippen LogP) is 2.18. The summed E-state index contributed by atoms with van der Waals surface area (Å²) in [7, 11) is 4.00. The molecule has 0 saturated carbocycles. The van der Waals surface area contributed by atoms with Gasteiger partial charge in [-0.05, 0) is 12.8 Å². The third kappa shape index (κ3) is 2.07. The van der Waals surface area contributed by atoms with Gasteiger partial charge in [-0.3, -0.25) is 0 Å². The van der Waals surface area contributed by atoms with Gasteiger partial charge < -0.3 is 10.6 Å². The van der Waals surface area contributed by atoms with Crippen LogP contribution < -0.4 is 10.6 Å². The van der Waals surface area contributed by atoms with Crippen molar-refractivity contribution in [3.05, 3.63) is 11.1 Å². The highest BCUT2D eigenvalue weighted by Crippen LogP contribution is 2.29. The number of aromatic nitrogens is 1. The summed E-state index contributed by atoms with van der Waals surface area (Å²) < 4.78 is 0. The first kappa shape index (κ1) is 11.5. The molecule has 0 atom stereocenters. The van der Waals surface area contributed by atoms with Crippen molar-refractivity contribution < 1.29 is 0 Å². The van der Waals surface area contributed by atoms with Crippen molar-refractivity contribution in [2.24, 2.45) is 5.73 Å². The summed E-state index contributed by atoms with van der Waals surface area (Å²) in [6, 6.07) is 0. The molecular formula is C10H19N3S. The fourth-order valence-electron chi connectivity index (χ4n) is 1.31. The molecule has 0 spiro atoms. The van der Waals surface area contributed by atoms with E-state index in [1.165, 1.54) is 0 Å². The molecule has 1 rings (SSSR count). The average Bonchev–Trinajstić information content (AvgIpc) is 2.66. The van der Waals surface area contributed by atoms with Crippen LogP contribution in [0, 0.1) is 0 Å². The molecule has 0 aliphatic heterocycles. The van der Waals surface area contributed by atoms with Crippen molar-refractivity contribution in [1.82, 2.24) is 4.98 Å². The van der Waals surface area contributed by atoms with E-state index >= 15 is 0 Å². The molecule has 0 bridgehead atoms. The van der Waals surface area contributed by atoms with Crippen LogP contribution in [0.15, 0.2) is 5.38 Å². The predicted molar refractivity (Wildman–Crippen MR) is 62.9 cm³/mol. The molecule has 1 heterocycles. The smallest absolute Gasteiger partial charge is 0.185 e. The first-order chi connectivity index (χ1) is 6.53. The maximum Gasteiger partial charge on any atom is 0.185 e. The molecule has 80 valence electrons. The second-order valence-electron chi connectivity index (χ2n) is 3.77. The van der Waals surface area contributed by atoms with Gasteiger partial charge in [0.05, 0.1) is 11.2 Å². The number of thiazole rings is 1. The molecule has 14 heavy (non-hydrogen) atoms. The Labute approximate surface area is 89.9 Å². The van der Waals surface area contributed by atoms with E-state index in [0.29, 0.717) is 0 Å². The van der Waals surface area contributed by atoms with Crippen LogP contribution in [0.25, 0.3) is 0 Å². The third-order valence-electron chi connectivity index (χ3n) is 2.65. The SMILES string of the molecule is CCC(N)(CC)c1csc(N(C)C)n1. The minimum Gasteiger partial charge on any atom is -0.354 e. The van der Waals surface area contributed by atoms with Gasteiger partial charge in [0.2, 0.25) is 0 Å². The van der Waals surface area contributed by atoms with Gasteiger partial charge in [-0.15, -0.1) is 11.3 Å². The molecule has 0 aliphatic rings. The van der Waals surface area contributed by atoms with Crippen molar-refractivity contribution in [2.45, 2.75) is 32.2 Å². The van der Waals surface area contributed by atoms with Crippen LogP contribution in [0.5, 0.6) is 0 Å². The number of nitrogens with zero attached hydrogens (tertiary/aromatic N) is 2. The molecule has 0 unspecified atom stereocenters. The molecule has 0 amide bonds. The largest absolute Gasteiger partial charge is 0.354 e. The van der Waals surface area contributed by atoms with E-state index < -0.39 is 0 Å². The van der Waals surface area contributed by atoms with E-state index in [4.69, 9.17) is 5.73 Å².